The van der Waals surface area contributed by atoms with Gasteiger partial charge in [-0.2, -0.15) is 0 Å². The van der Waals surface area contributed by atoms with E-state index in [0.29, 0.717) is 0 Å². The molecular formula is C34H46N8Pt. The zero-order valence-corrected chi connectivity index (χ0v) is 29.9. The van der Waals surface area contributed by atoms with Crippen molar-refractivity contribution in [2.45, 2.75) is 0 Å². The molecule has 0 fully saturated rings. The Morgan fingerprint density at radius 3 is 1.07 bits per heavy atom. The van der Waals surface area contributed by atoms with Crippen molar-refractivity contribution in [1.29, 1.82) is 0 Å². The number of anilines is 6. The molecule has 0 atom stereocenters. The molecule has 4 rings (SSSR count). The molecule has 0 unspecified atom stereocenters. The number of hydrogen-bond donors (Lipinski definition) is 0. The number of nitrogens with zero attached hydrogens (tertiary/aromatic N) is 8. The van der Waals surface area contributed by atoms with Crippen molar-refractivity contribution in [2.24, 2.45) is 0 Å². The van der Waals surface area contributed by atoms with Crippen molar-refractivity contribution in [2.75, 3.05) is 114 Å². The van der Waals surface area contributed by atoms with E-state index in [-0.39, 0.29) is 21.1 Å². The zero-order chi connectivity index (χ0) is 31.1. The van der Waals surface area contributed by atoms with Gasteiger partial charge in [-0.15, -0.1) is 47.5 Å². The maximum Gasteiger partial charge on any atom is 2.00 e. The SMILES string of the molecule is CN(C)c1[c-]c(-c2cc(N(C)C)ccn2)c(N(C)C)cc1.CN(C)c1[c-]c(-c2cc(N(C)C)ccn2)c(N(C)C)cc1.[Pt+2]. The third-order valence-electron chi connectivity index (χ3n) is 6.78. The van der Waals surface area contributed by atoms with Crippen LogP contribution in [-0.4, -0.2) is 94.5 Å². The molecule has 0 bridgehead atoms. The molecule has 2 heterocycles. The van der Waals surface area contributed by atoms with Gasteiger partial charge < -0.3 is 39.4 Å². The number of hydrogen-bond acceptors (Lipinski definition) is 8. The first-order valence-electron chi connectivity index (χ1n) is 13.9. The summed E-state index contributed by atoms with van der Waals surface area (Å²) in [7, 11) is 24.4. The topological polar surface area (TPSA) is 45.2 Å². The summed E-state index contributed by atoms with van der Waals surface area (Å²) in [6.45, 7) is 0. The molecule has 0 aliphatic carbocycles. The maximum absolute atomic E-state index is 4.53. The summed E-state index contributed by atoms with van der Waals surface area (Å²) in [4.78, 5) is 21.5. The van der Waals surface area contributed by atoms with Crippen LogP contribution in [0.1, 0.15) is 0 Å². The Morgan fingerprint density at radius 2 is 0.791 bits per heavy atom. The summed E-state index contributed by atoms with van der Waals surface area (Å²) in [5, 5.41) is 0. The van der Waals surface area contributed by atoms with Gasteiger partial charge in [-0.3, -0.25) is 0 Å². The molecule has 0 aliphatic rings. The van der Waals surface area contributed by atoms with Gasteiger partial charge in [0.1, 0.15) is 0 Å². The van der Waals surface area contributed by atoms with Crippen LogP contribution >= 0.6 is 0 Å². The van der Waals surface area contributed by atoms with E-state index >= 15 is 0 Å². The number of rotatable bonds is 8. The summed E-state index contributed by atoms with van der Waals surface area (Å²) in [6.07, 6.45) is 3.70. The Bertz CT molecular complexity index is 1350. The van der Waals surface area contributed by atoms with E-state index < -0.39 is 0 Å². The molecule has 0 amide bonds. The van der Waals surface area contributed by atoms with Gasteiger partial charge in [0, 0.05) is 80.1 Å². The monoisotopic (exact) mass is 761 g/mol. The van der Waals surface area contributed by atoms with Crippen molar-refractivity contribution >= 4 is 34.1 Å². The van der Waals surface area contributed by atoms with E-state index in [1.807, 2.05) is 109 Å². The number of benzene rings is 2. The Hall–Kier alpha value is -3.77. The van der Waals surface area contributed by atoms with Gasteiger partial charge in [0.15, 0.2) is 0 Å². The van der Waals surface area contributed by atoms with E-state index in [0.717, 1.165) is 56.6 Å². The van der Waals surface area contributed by atoms with Gasteiger partial charge in [-0.05, 0) is 74.5 Å². The van der Waals surface area contributed by atoms with Crippen LogP contribution in [0.5, 0.6) is 0 Å². The van der Waals surface area contributed by atoms with Gasteiger partial charge in [-0.1, -0.05) is 12.1 Å². The molecule has 0 saturated carbocycles. The van der Waals surface area contributed by atoms with Crippen molar-refractivity contribution in [1.82, 2.24) is 9.97 Å². The first kappa shape index (κ1) is 35.4. The van der Waals surface area contributed by atoms with E-state index in [4.69, 9.17) is 0 Å². The molecule has 43 heavy (non-hydrogen) atoms. The minimum atomic E-state index is 0. The quantitative estimate of drug-likeness (QED) is 0.219. The fraction of sp³-hybridized carbons (Fsp3) is 0.353. The molecule has 0 N–H and O–H groups in total. The molecule has 9 heteroatoms. The van der Waals surface area contributed by atoms with Gasteiger partial charge in [0.2, 0.25) is 0 Å². The molecule has 0 aliphatic heterocycles. The molecule has 0 saturated heterocycles. The third kappa shape index (κ3) is 9.11. The normalized spacial score (nSPS) is 10.1. The average Bonchev–Trinajstić information content (AvgIpc) is 2.96. The number of aromatic nitrogens is 2. The molecule has 8 nitrogen and oxygen atoms in total. The summed E-state index contributed by atoms with van der Waals surface area (Å²) >= 11 is 0. The molecular weight excluding hydrogens is 716 g/mol. The van der Waals surface area contributed by atoms with Crippen molar-refractivity contribution in [3.63, 3.8) is 0 Å². The van der Waals surface area contributed by atoms with Crippen LogP contribution in [0.4, 0.5) is 34.1 Å². The number of pyridine rings is 2. The Balaban J connectivity index is 0.000000293. The predicted molar refractivity (Wildman–Crippen MR) is 183 cm³/mol. The average molecular weight is 762 g/mol. The van der Waals surface area contributed by atoms with Gasteiger partial charge in [0.05, 0.1) is 0 Å². The molecule has 4 aromatic rings. The fourth-order valence-corrected chi connectivity index (χ4v) is 4.28. The van der Waals surface area contributed by atoms with E-state index in [1.54, 1.807) is 0 Å². The Kier molecular flexibility index (Phi) is 12.9. The van der Waals surface area contributed by atoms with Crippen LogP contribution in [0.25, 0.3) is 22.5 Å². The summed E-state index contributed by atoms with van der Waals surface area (Å²) in [6, 6.07) is 23.6. The molecule has 232 valence electrons. The second kappa shape index (κ2) is 15.6. The van der Waals surface area contributed by atoms with Gasteiger partial charge in [0.25, 0.3) is 0 Å². The maximum atomic E-state index is 4.53. The Morgan fingerprint density at radius 1 is 0.442 bits per heavy atom. The molecule has 0 spiro atoms. The fourth-order valence-electron chi connectivity index (χ4n) is 4.28. The first-order valence-corrected chi connectivity index (χ1v) is 13.9. The first-order chi connectivity index (χ1) is 19.8. The van der Waals surface area contributed by atoms with Crippen LogP contribution in [0.15, 0.2) is 60.9 Å². The zero-order valence-electron chi connectivity index (χ0n) is 27.7. The van der Waals surface area contributed by atoms with E-state index in [9.17, 15) is 0 Å². The minimum Gasteiger partial charge on any atom is -0.416 e. The van der Waals surface area contributed by atoms with Crippen LogP contribution in [0.2, 0.25) is 0 Å². The second-order valence-corrected chi connectivity index (χ2v) is 11.4. The Labute approximate surface area is 273 Å². The van der Waals surface area contributed by atoms with Crippen LogP contribution < -0.4 is 29.4 Å². The second-order valence-electron chi connectivity index (χ2n) is 11.4. The van der Waals surface area contributed by atoms with Crippen LogP contribution in [0.3, 0.4) is 0 Å². The summed E-state index contributed by atoms with van der Waals surface area (Å²) in [5.41, 5.74) is 10.5. The third-order valence-corrected chi connectivity index (χ3v) is 6.78. The molecule has 2 aromatic heterocycles. The van der Waals surface area contributed by atoms with Crippen molar-refractivity contribution in [3.8, 4) is 22.5 Å². The van der Waals surface area contributed by atoms with E-state index in [2.05, 4.69) is 87.9 Å². The van der Waals surface area contributed by atoms with Crippen molar-refractivity contribution < 1.29 is 21.1 Å². The molecule has 2 aromatic carbocycles. The van der Waals surface area contributed by atoms with E-state index in [1.165, 1.54) is 0 Å². The van der Waals surface area contributed by atoms with Gasteiger partial charge in [-0.25, -0.2) is 0 Å². The smallest absolute Gasteiger partial charge is 0.416 e. The van der Waals surface area contributed by atoms with Gasteiger partial charge >= 0.3 is 21.1 Å². The van der Waals surface area contributed by atoms with Crippen molar-refractivity contribution in [3.05, 3.63) is 73.1 Å². The summed E-state index contributed by atoms with van der Waals surface area (Å²) < 4.78 is 0. The standard InChI is InChI=1S/2C17H23N4.Pt/c2*1-19(2)13-7-8-17(21(5)6)15(11-13)16-12-14(20(3)4)9-10-18-16;/h2*7-10,12H,1-6H3;/q2*-1;+2. The largest absolute Gasteiger partial charge is 2.00 e. The predicted octanol–water partition coefficient (Wildman–Crippen LogP) is 5.49. The minimum absolute atomic E-state index is 0. The van der Waals surface area contributed by atoms with Crippen LogP contribution in [-0.2, 0) is 21.1 Å². The molecule has 0 radical (unpaired) electrons. The van der Waals surface area contributed by atoms with Crippen LogP contribution in [0, 0.1) is 12.1 Å². The summed E-state index contributed by atoms with van der Waals surface area (Å²) in [5.74, 6) is 0.